The Hall–Kier alpha value is -2.97. The number of imidazole rings is 1. The summed E-state index contributed by atoms with van der Waals surface area (Å²) < 4.78 is 7.76. The molecule has 6 rings (SSSR count). The molecule has 0 amide bonds. The molecule has 8 nitrogen and oxygen atoms in total. The van der Waals surface area contributed by atoms with E-state index < -0.39 is 0 Å². The van der Waals surface area contributed by atoms with E-state index in [9.17, 15) is 0 Å². The van der Waals surface area contributed by atoms with Gasteiger partial charge in [-0.05, 0) is 32.0 Å². The number of morpholine rings is 1. The summed E-state index contributed by atoms with van der Waals surface area (Å²) in [7, 11) is 2.09. The largest absolute Gasteiger partial charge is 0.378 e. The van der Waals surface area contributed by atoms with Crippen LogP contribution in [0.15, 0.2) is 30.5 Å². The second-order valence-corrected chi connectivity index (χ2v) is 8.81. The zero-order chi connectivity index (χ0) is 21.5. The van der Waals surface area contributed by atoms with Crippen LogP contribution in [0.4, 0.5) is 5.82 Å². The smallest absolute Gasteiger partial charge is 0.166 e. The zero-order valence-electron chi connectivity index (χ0n) is 18.5. The molecular weight excluding hydrogens is 402 g/mol. The van der Waals surface area contributed by atoms with Gasteiger partial charge < -0.3 is 19.2 Å². The normalized spacial score (nSPS) is 18.1. The van der Waals surface area contributed by atoms with E-state index in [1.807, 2.05) is 12.3 Å². The fourth-order valence-corrected chi connectivity index (χ4v) is 4.92. The van der Waals surface area contributed by atoms with Crippen LogP contribution in [0.3, 0.4) is 0 Å². The van der Waals surface area contributed by atoms with Gasteiger partial charge in [-0.15, -0.1) is 0 Å². The maximum absolute atomic E-state index is 5.60. The number of likely N-dealkylation sites (tertiary alicyclic amines) is 1. The van der Waals surface area contributed by atoms with E-state index >= 15 is 0 Å². The second kappa shape index (κ2) is 8.18. The molecule has 0 bridgehead atoms. The number of benzene rings is 1. The molecule has 0 unspecified atom stereocenters. The molecule has 0 saturated carbocycles. The quantitative estimate of drug-likeness (QED) is 0.534. The first-order valence-electron chi connectivity index (χ1n) is 11.6. The molecule has 5 heterocycles. The fraction of sp³-hybridized carbons (Fsp3) is 0.458. The Morgan fingerprint density at radius 2 is 1.78 bits per heavy atom. The van der Waals surface area contributed by atoms with E-state index in [1.54, 1.807) is 0 Å². The molecule has 3 aromatic heterocycles. The lowest BCUT2D eigenvalue weighted by molar-refractivity contribution is 0.122. The summed E-state index contributed by atoms with van der Waals surface area (Å²) in [6.45, 7) is 6.20. The number of hydrogen-bond acceptors (Lipinski definition) is 6. The Balaban J connectivity index is 1.49. The van der Waals surface area contributed by atoms with E-state index in [0.29, 0.717) is 13.2 Å². The van der Waals surface area contributed by atoms with Gasteiger partial charge in [-0.3, -0.25) is 4.90 Å². The van der Waals surface area contributed by atoms with E-state index in [2.05, 4.69) is 44.6 Å². The minimum atomic E-state index is 0.710. The van der Waals surface area contributed by atoms with Crippen molar-refractivity contribution in [1.29, 1.82) is 0 Å². The first-order valence-corrected chi connectivity index (χ1v) is 11.6. The van der Waals surface area contributed by atoms with Crippen LogP contribution in [0.2, 0.25) is 0 Å². The Morgan fingerprint density at radius 3 is 2.62 bits per heavy atom. The van der Waals surface area contributed by atoms with Gasteiger partial charge in [0.05, 0.1) is 19.8 Å². The maximum atomic E-state index is 5.60. The molecule has 2 saturated heterocycles. The monoisotopic (exact) mass is 431 g/mol. The first kappa shape index (κ1) is 19.7. The lowest BCUT2D eigenvalue weighted by Gasteiger charge is -2.28. The molecule has 0 spiro atoms. The molecule has 2 fully saturated rings. The molecule has 166 valence electrons. The Kier molecular flexibility index (Phi) is 5.04. The summed E-state index contributed by atoms with van der Waals surface area (Å²) in [5.41, 5.74) is 3.91. The van der Waals surface area contributed by atoms with Gasteiger partial charge in [0, 0.05) is 42.8 Å². The number of para-hydroxylation sites is 1. The van der Waals surface area contributed by atoms with Crippen LogP contribution in [0, 0.1) is 0 Å². The average Bonchev–Trinajstić information content (AvgIpc) is 3.41. The summed E-state index contributed by atoms with van der Waals surface area (Å²) in [4.78, 5) is 23.3. The van der Waals surface area contributed by atoms with Crippen molar-refractivity contribution in [3.8, 4) is 11.4 Å². The average molecular weight is 432 g/mol. The van der Waals surface area contributed by atoms with E-state index in [4.69, 9.17) is 19.7 Å². The van der Waals surface area contributed by atoms with Crippen LogP contribution in [0.5, 0.6) is 0 Å². The third-order valence-electron chi connectivity index (χ3n) is 6.75. The summed E-state index contributed by atoms with van der Waals surface area (Å²) in [5.74, 6) is 2.71. The van der Waals surface area contributed by atoms with E-state index in [1.165, 1.54) is 19.3 Å². The van der Waals surface area contributed by atoms with Crippen molar-refractivity contribution in [3.63, 3.8) is 0 Å². The van der Waals surface area contributed by atoms with Crippen LogP contribution in [-0.2, 0) is 18.3 Å². The van der Waals surface area contributed by atoms with Crippen molar-refractivity contribution in [2.45, 2.75) is 25.8 Å². The van der Waals surface area contributed by atoms with E-state index in [0.717, 1.165) is 77.8 Å². The summed E-state index contributed by atoms with van der Waals surface area (Å²) in [6, 6.07) is 8.30. The van der Waals surface area contributed by atoms with Crippen LogP contribution >= 0.6 is 0 Å². The molecule has 4 aromatic rings. The van der Waals surface area contributed by atoms with Gasteiger partial charge in [0.1, 0.15) is 5.82 Å². The Labute approximate surface area is 187 Å². The van der Waals surface area contributed by atoms with Crippen LogP contribution in [0.25, 0.3) is 33.5 Å². The Morgan fingerprint density at radius 1 is 0.969 bits per heavy atom. The molecule has 32 heavy (non-hydrogen) atoms. The molecule has 0 radical (unpaired) electrons. The number of aromatic nitrogens is 5. The third kappa shape index (κ3) is 3.43. The zero-order valence-corrected chi connectivity index (χ0v) is 18.5. The van der Waals surface area contributed by atoms with Crippen LogP contribution in [-0.4, -0.2) is 68.8 Å². The SMILES string of the molecule is Cn1c(CN2CCCCC2)nc2c(N3CCOCC3)nc(-c3c[nH]c4ccccc34)nc21. The van der Waals surface area contributed by atoms with Crippen LogP contribution in [0.1, 0.15) is 25.1 Å². The standard InChI is InChI=1S/C24H29N7O/c1-29-20(16-30-9-5-2-6-10-30)26-21-23(29)27-22(28-24(21)31-11-13-32-14-12-31)18-15-25-19-8-4-3-7-17(18)19/h3-4,7-8,15,25H,2,5-6,9-14,16H2,1H3. The highest BCUT2D eigenvalue weighted by molar-refractivity contribution is 5.95. The lowest BCUT2D eigenvalue weighted by atomic mass is 10.1. The Bertz CT molecular complexity index is 1250. The summed E-state index contributed by atoms with van der Waals surface area (Å²) in [6.07, 6.45) is 5.89. The molecule has 1 aromatic carbocycles. The first-order chi connectivity index (χ1) is 15.8. The van der Waals surface area contributed by atoms with Gasteiger partial charge >= 0.3 is 0 Å². The van der Waals surface area contributed by atoms with Gasteiger partial charge in [-0.1, -0.05) is 24.6 Å². The number of nitrogens with zero attached hydrogens (tertiary/aromatic N) is 6. The van der Waals surface area contributed by atoms with Crippen molar-refractivity contribution in [2.24, 2.45) is 7.05 Å². The van der Waals surface area contributed by atoms with Gasteiger partial charge in [-0.2, -0.15) is 0 Å². The van der Waals surface area contributed by atoms with Crippen LogP contribution < -0.4 is 4.90 Å². The number of anilines is 1. The highest BCUT2D eigenvalue weighted by atomic mass is 16.5. The van der Waals surface area contributed by atoms with Gasteiger partial charge in [0.25, 0.3) is 0 Å². The number of hydrogen-bond donors (Lipinski definition) is 1. The fourth-order valence-electron chi connectivity index (χ4n) is 4.92. The molecule has 2 aliphatic rings. The molecule has 2 aliphatic heterocycles. The number of nitrogens with one attached hydrogen (secondary N) is 1. The van der Waals surface area contributed by atoms with Crippen molar-refractivity contribution >= 4 is 27.9 Å². The number of aromatic amines is 1. The third-order valence-corrected chi connectivity index (χ3v) is 6.75. The second-order valence-electron chi connectivity index (χ2n) is 8.81. The highest BCUT2D eigenvalue weighted by Crippen LogP contribution is 2.32. The molecule has 1 N–H and O–H groups in total. The topological polar surface area (TPSA) is 75.1 Å². The number of aryl methyl sites for hydroxylation is 1. The predicted octanol–water partition coefficient (Wildman–Crippen LogP) is 3.33. The van der Waals surface area contributed by atoms with Gasteiger partial charge in [0.15, 0.2) is 22.8 Å². The predicted molar refractivity (Wildman–Crippen MR) is 126 cm³/mol. The van der Waals surface area contributed by atoms with Gasteiger partial charge in [0.2, 0.25) is 0 Å². The molecule has 0 atom stereocenters. The van der Waals surface area contributed by atoms with Crippen molar-refractivity contribution in [3.05, 3.63) is 36.3 Å². The van der Waals surface area contributed by atoms with Crippen molar-refractivity contribution in [2.75, 3.05) is 44.3 Å². The minimum Gasteiger partial charge on any atom is -0.378 e. The van der Waals surface area contributed by atoms with Crippen molar-refractivity contribution < 1.29 is 4.74 Å². The number of H-pyrrole nitrogens is 1. The maximum Gasteiger partial charge on any atom is 0.166 e. The number of ether oxygens (including phenoxy) is 1. The molecule has 8 heteroatoms. The van der Waals surface area contributed by atoms with Gasteiger partial charge in [-0.25, -0.2) is 15.0 Å². The number of fused-ring (bicyclic) bond motifs is 2. The number of piperidine rings is 1. The van der Waals surface area contributed by atoms with E-state index in [-0.39, 0.29) is 0 Å². The lowest BCUT2D eigenvalue weighted by Crippen LogP contribution is -2.37. The summed E-state index contributed by atoms with van der Waals surface area (Å²) in [5, 5.41) is 1.13. The van der Waals surface area contributed by atoms with Crippen molar-refractivity contribution in [1.82, 2.24) is 29.4 Å². The minimum absolute atomic E-state index is 0.710. The summed E-state index contributed by atoms with van der Waals surface area (Å²) >= 11 is 0. The molecular formula is C24H29N7O. The number of rotatable bonds is 4. The highest BCUT2D eigenvalue weighted by Gasteiger charge is 2.24. The molecule has 0 aliphatic carbocycles.